The van der Waals surface area contributed by atoms with Gasteiger partial charge in [-0.2, -0.15) is 0 Å². The monoisotopic (exact) mass is 802 g/mol. The number of rotatable bonds is 8. The van der Waals surface area contributed by atoms with Crippen molar-refractivity contribution < 1.29 is 0 Å². The van der Waals surface area contributed by atoms with Gasteiger partial charge in [-0.25, -0.2) is 0 Å². The van der Waals surface area contributed by atoms with Crippen molar-refractivity contribution in [3.05, 3.63) is 277 Å². The van der Waals surface area contributed by atoms with Gasteiger partial charge in [0.15, 0.2) is 0 Å². The Morgan fingerprint density at radius 3 is 1.17 bits per heavy atom. The fraction of sp³-hybridized carbons (Fsp3) is 0.0164. The van der Waals surface area contributed by atoms with Gasteiger partial charge in [0.05, 0.1) is 11.1 Å². The largest absolute Gasteiger partial charge is 0.310 e. The maximum atomic E-state index is 2.53. The summed E-state index contributed by atoms with van der Waals surface area (Å²) in [6.45, 7) is 0. The zero-order valence-corrected chi connectivity index (χ0v) is 34.6. The van der Waals surface area contributed by atoms with Gasteiger partial charge in [-0.05, 0) is 127 Å². The SMILES string of the molecule is c1ccc(N(c2ccccc2)c2ccc3c(c2)C(c2cccc4ccccc24)(c2cccc4ccccc24)c2cc(N(c4ccccc4)c4ccccc4)c4ccccc4c2-3)cc1. The van der Waals surface area contributed by atoms with Crippen LogP contribution in [0.2, 0.25) is 0 Å². The lowest BCUT2D eigenvalue weighted by molar-refractivity contribution is 0.785. The molecule has 0 atom stereocenters. The number of hydrogen-bond donors (Lipinski definition) is 0. The van der Waals surface area contributed by atoms with Gasteiger partial charge >= 0.3 is 0 Å². The molecule has 0 saturated carbocycles. The van der Waals surface area contributed by atoms with Gasteiger partial charge < -0.3 is 9.80 Å². The quantitative estimate of drug-likeness (QED) is 0.151. The third kappa shape index (κ3) is 5.80. The first-order valence-corrected chi connectivity index (χ1v) is 21.8. The second-order valence-corrected chi connectivity index (χ2v) is 16.4. The zero-order chi connectivity index (χ0) is 41.7. The smallest absolute Gasteiger partial charge is 0.0727 e. The van der Waals surface area contributed by atoms with E-state index in [0.717, 1.165) is 34.1 Å². The molecule has 0 heterocycles. The van der Waals surface area contributed by atoms with E-state index < -0.39 is 5.41 Å². The molecule has 0 unspecified atom stereocenters. The van der Waals surface area contributed by atoms with E-state index in [9.17, 15) is 0 Å². The van der Waals surface area contributed by atoms with E-state index in [2.05, 4.69) is 265 Å². The van der Waals surface area contributed by atoms with Crippen LogP contribution in [0.15, 0.2) is 255 Å². The predicted octanol–water partition coefficient (Wildman–Crippen LogP) is 16.4. The maximum Gasteiger partial charge on any atom is 0.0727 e. The van der Waals surface area contributed by atoms with Gasteiger partial charge in [0, 0.05) is 33.8 Å². The summed E-state index contributed by atoms with van der Waals surface area (Å²) in [4.78, 5) is 4.84. The second kappa shape index (κ2) is 15.1. The first-order chi connectivity index (χ1) is 31.3. The lowest BCUT2D eigenvalue weighted by Gasteiger charge is -2.37. The van der Waals surface area contributed by atoms with Gasteiger partial charge in [-0.15, -0.1) is 0 Å². The van der Waals surface area contributed by atoms with Crippen molar-refractivity contribution in [1.82, 2.24) is 0 Å². The third-order valence-corrected chi connectivity index (χ3v) is 13.0. The zero-order valence-electron chi connectivity index (χ0n) is 34.6. The highest BCUT2D eigenvalue weighted by Gasteiger charge is 2.49. The molecule has 0 saturated heterocycles. The lowest BCUT2D eigenvalue weighted by Crippen LogP contribution is -2.30. The predicted molar refractivity (Wildman–Crippen MR) is 266 cm³/mol. The molecule has 1 aliphatic carbocycles. The van der Waals surface area contributed by atoms with E-state index >= 15 is 0 Å². The van der Waals surface area contributed by atoms with Crippen LogP contribution in [-0.2, 0) is 5.41 Å². The molecule has 0 radical (unpaired) electrons. The molecular weight excluding hydrogens is 761 g/mol. The molecule has 0 amide bonds. The van der Waals surface area contributed by atoms with Crippen molar-refractivity contribution in [2.24, 2.45) is 0 Å². The number of anilines is 6. The number of fused-ring (bicyclic) bond motifs is 7. The van der Waals surface area contributed by atoms with Crippen LogP contribution >= 0.6 is 0 Å². The van der Waals surface area contributed by atoms with Gasteiger partial charge in [-0.3, -0.25) is 0 Å². The van der Waals surface area contributed by atoms with E-state index in [-0.39, 0.29) is 0 Å². The Hall–Kier alpha value is -8.20. The van der Waals surface area contributed by atoms with Crippen molar-refractivity contribution in [2.45, 2.75) is 5.41 Å². The van der Waals surface area contributed by atoms with Crippen LogP contribution in [0.5, 0.6) is 0 Å². The maximum absolute atomic E-state index is 2.53. The highest BCUT2D eigenvalue weighted by molar-refractivity contribution is 6.12. The van der Waals surface area contributed by atoms with Gasteiger partial charge in [0.2, 0.25) is 0 Å². The molecule has 296 valence electrons. The van der Waals surface area contributed by atoms with Crippen LogP contribution in [0.1, 0.15) is 22.3 Å². The van der Waals surface area contributed by atoms with E-state index in [1.54, 1.807) is 0 Å². The summed E-state index contributed by atoms with van der Waals surface area (Å²) >= 11 is 0. The Morgan fingerprint density at radius 1 is 0.254 bits per heavy atom. The van der Waals surface area contributed by atoms with Crippen molar-refractivity contribution >= 4 is 66.4 Å². The minimum atomic E-state index is -0.765. The Kier molecular flexibility index (Phi) is 8.76. The molecule has 63 heavy (non-hydrogen) atoms. The van der Waals surface area contributed by atoms with Gasteiger partial charge in [0.25, 0.3) is 0 Å². The molecule has 1 aliphatic rings. The van der Waals surface area contributed by atoms with Crippen LogP contribution in [0.4, 0.5) is 34.1 Å². The van der Waals surface area contributed by atoms with Crippen LogP contribution < -0.4 is 9.80 Å². The number of nitrogens with zero attached hydrogens (tertiary/aromatic N) is 2. The molecule has 0 N–H and O–H groups in total. The highest BCUT2D eigenvalue weighted by atomic mass is 15.1. The van der Waals surface area contributed by atoms with Crippen molar-refractivity contribution in [3.63, 3.8) is 0 Å². The molecule has 11 aromatic rings. The summed E-state index contributed by atoms with van der Waals surface area (Å²) in [7, 11) is 0. The Labute approximate surface area is 368 Å². The average Bonchev–Trinajstić information content (AvgIpc) is 3.65. The molecule has 0 bridgehead atoms. The number of benzene rings is 11. The summed E-state index contributed by atoms with van der Waals surface area (Å²) in [5, 5.41) is 7.32. The Bertz CT molecular complexity index is 3280. The first-order valence-electron chi connectivity index (χ1n) is 21.8. The summed E-state index contributed by atoms with van der Waals surface area (Å²) in [6.07, 6.45) is 0. The minimum Gasteiger partial charge on any atom is -0.310 e. The van der Waals surface area contributed by atoms with Crippen molar-refractivity contribution in [3.8, 4) is 11.1 Å². The third-order valence-electron chi connectivity index (χ3n) is 13.0. The number of hydrogen-bond acceptors (Lipinski definition) is 2. The molecule has 2 heteroatoms. The Morgan fingerprint density at radius 2 is 0.667 bits per heavy atom. The van der Waals surface area contributed by atoms with Crippen LogP contribution in [0.3, 0.4) is 0 Å². The molecule has 11 aromatic carbocycles. The molecule has 12 rings (SSSR count). The molecular formula is C61H42N2. The standard InChI is InChI=1S/C61H42N2/c1-5-25-45(26-6-1)62(46-27-7-2-8-28-46)49-39-40-54-57(41-49)61(55-37-19-23-43-21-13-15-33-50(43)55,56-38-20-24-44-22-14-16-34-51(44)56)58-42-59(52-35-17-18-36-53(52)60(54)58)63(47-29-9-3-10-30-47)48-31-11-4-12-32-48/h1-42H. The highest BCUT2D eigenvalue weighted by Crippen LogP contribution is 2.62. The van der Waals surface area contributed by atoms with Crippen LogP contribution in [0.25, 0.3) is 43.4 Å². The van der Waals surface area contributed by atoms with Gasteiger partial charge in [-0.1, -0.05) is 188 Å². The van der Waals surface area contributed by atoms with Crippen LogP contribution in [0, 0.1) is 0 Å². The van der Waals surface area contributed by atoms with E-state index in [0.29, 0.717) is 0 Å². The van der Waals surface area contributed by atoms with Crippen molar-refractivity contribution in [2.75, 3.05) is 9.80 Å². The fourth-order valence-corrected chi connectivity index (χ4v) is 10.5. The molecule has 0 fully saturated rings. The second-order valence-electron chi connectivity index (χ2n) is 16.4. The molecule has 0 aromatic heterocycles. The fourth-order valence-electron chi connectivity index (χ4n) is 10.5. The topological polar surface area (TPSA) is 6.48 Å². The molecule has 2 nitrogen and oxygen atoms in total. The van der Waals surface area contributed by atoms with E-state index in [4.69, 9.17) is 0 Å². The molecule has 0 spiro atoms. The summed E-state index contributed by atoms with van der Waals surface area (Å²) in [6, 6.07) is 93.7. The Balaban J connectivity index is 1.28. The van der Waals surface area contributed by atoms with E-state index in [1.807, 2.05) is 0 Å². The van der Waals surface area contributed by atoms with Crippen LogP contribution in [-0.4, -0.2) is 0 Å². The normalized spacial score (nSPS) is 12.6. The lowest BCUT2D eigenvalue weighted by atomic mass is 9.65. The van der Waals surface area contributed by atoms with Crippen molar-refractivity contribution in [1.29, 1.82) is 0 Å². The molecule has 0 aliphatic heterocycles. The van der Waals surface area contributed by atoms with Gasteiger partial charge in [0.1, 0.15) is 0 Å². The summed E-state index contributed by atoms with van der Waals surface area (Å²) in [5.74, 6) is 0. The average molecular weight is 803 g/mol. The number of para-hydroxylation sites is 4. The minimum absolute atomic E-state index is 0.765. The first kappa shape index (κ1) is 36.6. The summed E-state index contributed by atoms with van der Waals surface area (Å²) in [5.41, 5.74) is 13.4. The summed E-state index contributed by atoms with van der Waals surface area (Å²) < 4.78 is 0. The van der Waals surface area contributed by atoms with E-state index in [1.165, 1.54) is 65.7 Å².